The summed E-state index contributed by atoms with van der Waals surface area (Å²) in [5.41, 5.74) is 3.41. The Kier molecular flexibility index (Phi) is 7.02. The van der Waals surface area contributed by atoms with Crippen molar-refractivity contribution in [3.63, 3.8) is 0 Å². The Morgan fingerprint density at radius 2 is 1.69 bits per heavy atom. The van der Waals surface area contributed by atoms with Gasteiger partial charge in [-0.15, -0.1) is 11.8 Å². The van der Waals surface area contributed by atoms with Gasteiger partial charge in [0, 0.05) is 4.90 Å². The van der Waals surface area contributed by atoms with E-state index in [1.165, 1.54) is 11.3 Å². The van der Waals surface area contributed by atoms with Crippen molar-refractivity contribution in [1.82, 2.24) is 4.57 Å². The van der Waals surface area contributed by atoms with Crippen LogP contribution in [0.3, 0.4) is 0 Å². The van der Waals surface area contributed by atoms with Crippen molar-refractivity contribution in [1.29, 1.82) is 0 Å². The van der Waals surface area contributed by atoms with Crippen LogP contribution in [0.2, 0.25) is 0 Å². The number of aromatic nitrogens is 1. The molecular weight excluding hydrogens is 488 g/mol. The van der Waals surface area contributed by atoms with E-state index >= 15 is 0 Å². The highest BCUT2D eigenvalue weighted by Gasteiger charge is 2.33. The number of thiazole rings is 1. The molecule has 5 rings (SSSR count). The molecule has 1 atom stereocenters. The Bertz CT molecular complexity index is 1600. The van der Waals surface area contributed by atoms with E-state index in [4.69, 9.17) is 4.74 Å². The van der Waals surface area contributed by atoms with Crippen LogP contribution in [0.5, 0.6) is 0 Å². The van der Waals surface area contributed by atoms with Crippen LogP contribution >= 0.6 is 23.1 Å². The van der Waals surface area contributed by atoms with Gasteiger partial charge in [-0.1, -0.05) is 84.1 Å². The van der Waals surface area contributed by atoms with Crippen LogP contribution in [0.1, 0.15) is 29.7 Å². The van der Waals surface area contributed by atoms with Crippen LogP contribution in [0, 0.1) is 0 Å². The predicted octanol–water partition coefficient (Wildman–Crippen LogP) is 4.70. The first kappa shape index (κ1) is 24.0. The molecule has 0 saturated carbocycles. The fraction of sp³-hybridized carbons (Fsp3) is 0.138. The third-order valence-corrected chi connectivity index (χ3v) is 7.71. The lowest BCUT2D eigenvalue weighted by Crippen LogP contribution is -2.39. The summed E-state index contributed by atoms with van der Waals surface area (Å²) in [5.74, 6) is -0.476. The molecule has 0 spiro atoms. The average molecular weight is 513 g/mol. The van der Waals surface area contributed by atoms with Gasteiger partial charge in [-0.2, -0.15) is 0 Å². The highest BCUT2D eigenvalue weighted by molar-refractivity contribution is 7.98. The predicted molar refractivity (Wildman–Crippen MR) is 145 cm³/mol. The molecule has 36 heavy (non-hydrogen) atoms. The topological polar surface area (TPSA) is 60.7 Å². The van der Waals surface area contributed by atoms with Crippen LogP contribution in [-0.4, -0.2) is 16.8 Å². The minimum absolute atomic E-state index is 0.146. The van der Waals surface area contributed by atoms with E-state index in [0.717, 1.165) is 21.6 Å². The van der Waals surface area contributed by atoms with E-state index in [9.17, 15) is 9.59 Å². The summed E-state index contributed by atoms with van der Waals surface area (Å²) in [6, 6.07) is 26.6. The Balaban J connectivity index is 1.61. The molecule has 0 saturated heterocycles. The number of ether oxygens (including phenoxy) is 1. The fourth-order valence-electron chi connectivity index (χ4n) is 4.19. The summed E-state index contributed by atoms with van der Waals surface area (Å²) >= 11 is 2.97. The van der Waals surface area contributed by atoms with E-state index < -0.39 is 12.0 Å². The van der Waals surface area contributed by atoms with Crippen LogP contribution in [-0.2, 0) is 16.1 Å². The second-order valence-corrected chi connectivity index (χ2v) is 10.2. The van der Waals surface area contributed by atoms with Gasteiger partial charge in [0.2, 0.25) is 0 Å². The minimum Gasteiger partial charge on any atom is -0.457 e. The number of allylic oxidation sites excluding steroid dienone is 1. The van der Waals surface area contributed by atoms with Crippen LogP contribution in [0.4, 0.5) is 0 Å². The summed E-state index contributed by atoms with van der Waals surface area (Å²) in [7, 11) is 0. The van der Waals surface area contributed by atoms with E-state index in [1.807, 2.05) is 97.3 Å². The molecule has 0 fully saturated rings. The first-order valence-electron chi connectivity index (χ1n) is 11.5. The van der Waals surface area contributed by atoms with Crippen molar-refractivity contribution < 1.29 is 9.53 Å². The van der Waals surface area contributed by atoms with Gasteiger partial charge in [-0.3, -0.25) is 9.36 Å². The van der Waals surface area contributed by atoms with Gasteiger partial charge in [0.05, 0.1) is 21.8 Å². The SMILES string of the molecule is CSc1ccc(C2C(C(=O)OCc3ccccc3)=C(C)N=c3sc(=Cc4ccccc4)c(=O)n32)cc1. The first-order valence-corrected chi connectivity index (χ1v) is 13.5. The Morgan fingerprint density at radius 3 is 2.36 bits per heavy atom. The van der Waals surface area contributed by atoms with Crippen LogP contribution in [0.15, 0.2) is 111 Å². The summed E-state index contributed by atoms with van der Waals surface area (Å²) < 4.78 is 7.90. The summed E-state index contributed by atoms with van der Waals surface area (Å²) in [6.07, 6.45) is 3.88. The van der Waals surface area contributed by atoms with Crippen molar-refractivity contribution in [2.24, 2.45) is 4.99 Å². The molecule has 7 heteroatoms. The van der Waals surface area contributed by atoms with Gasteiger partial charge in [-0.25, -0.2) is 9.79 Å². The number of hydrogen-bond acceptors (Lipinski definition) is 6. The zero-order chi connectivity index (χ0) is 25.1. The Hall–Kier alpha value is -3.68. The number of benzene rings is 3. The van der Waals surface area contributed by atoms with Gasteiger partial charge in [0.1, 0.15) is 6.61 Å². The summed E-state index contributed by atoms with van der Waals surface area (Å²) in [4.78, 5) is 33.5. The maximum absolute atomic E-state index is 13.7. The molecule has 5 nitrogen and oxygen atoms in total. The number of esters is 1. The Labute approximate surface area is 217 Å². The molecular formula is C29H24N2O3S2. The lowest BCUT2D eigenvalue weighted by molar-refractivity contribution is -0.140. The highest BCUT2D eigenvalue weighted by atomic mass is 32.2. The second-order valence-electron chi connectivity index (χ2n) is 8.33. The fourth-order valence-corrected chi connectivity index (χ4v) is 5.64. The van der Waals surface area contributed by atoms with Gasteiger partial charge < -0.3 is 4.74 Å². The van der Waals surface area contributed by atoms with Gasteiger partial charge >= 0.3 is 5.97 Å². The maximum atomic E-state index is 13.7. The van der Waals surface area contributed by atoms with Gasteiger partial charge in [-0.05, 0) is 48.1 Å². The van der Waals surface area contributed by atoms with Gasteiger partial charge in [0.25, 0.3) is 5.56 Å². The van der Waals surface area contributed by atoms with Gasteiger partial charge in [0.15, 0.2) is 4.80 Å². The summed E-state index contributed by atoms with van der Waals surface area (Å²) in [6.45, 7) is 1.95. The Morgan fingerprint density at radius 1 is 1.03 bits per heavy atom. The molecule has 1 aliphatic heterocycles. The van der Waals surface area contributed by atoms with E-state index in [1.54, 1.807) is 23.3 Å². The minimum atomic E-state index is -0.627. The molecule has 0 N–H and O–H groups in total. The van der Waals surface area contributed by atoms with Crippen molar-refractivity contribution in [2.45, 2.75) is 24.5 Å². The first-order chi connectivity index (χ1) is 17.5. The molecule has 180 valence electrons. The molecule has 0 amide bonds. The molecule has 2 heterocycles. The number of nitrogens with zero attached hydrogens (tertiary/aromatic N) is 2. The highest BCUT2D eigenvalue weighted by Crippen LogP contribution is 2.32. The number of rotatable bonds is 6. The second kappa shape index (κ2) is 10.5. The standard InChI is InChI=1S/C29H24N2O3S2/c1-19-25(28(33)34-18-21-11-7-4-8-12-21)26(22-13-15-23(35-2)16-14-22)31-27(32)24(36-29(31)30-19)17-20-9-5-3-6-10-20/h3-17,26H,18H2,1-2H3. The van der Waals surface area contributed by atoms with E-state index in [2.05, 4.69) is 4.99 Å². The molecule has 1 aromatic heterocycles. The summed E-state index contributed by atoms with van der Waals surface area (Å²) in [5, 5.41) is 0. The molecule has 0 aliphatic carbocycles. The normalized spacial score (nSPS) is 15.4. The van der Waals surface area contributed by atoms with Crippen molar-refractivity contribution in [3.8, 4) is 0 Å². The monoisotopic (exact) mass is 512 g/mol. The third-order valence-electron chi connectivity index (χ3n) is 5.98. The number of carbonyl (C=O) groups excluding carboxylic acids is 1. The lowest BCUT2D eigenvalue weighted by atomic mass is 9.96. The average Bonchev–Trinajstić information content (AvgIpc) is 3.21. The number of carbonyl (C=O) groups is 1. The van der Waals surface area contributed by atoms with Crippen LogP contribution in [0.25, 0.3) is 6.08 Å². The molecule has 0 bridgehead atoms. The number of fused-ring (bicyclic) bond motifs is 1. The van der Waals surface area contributed by atoms with Crippen molar-refractivity contribution in [2.75, 3.05) is 6.26 Å². The van der Waals surface area contributed by atoms with E-state index in [-0.39, 0.29) is 12.2 Å². The third kappa shape index (κ3) is 4.85. The van der Waals surface area contributed by atoms with Crippen LogP contribution < -0.4 is 14.9 Å². The number of hydrogen-bond donors (Lipinski definition) is 0. The smallest absolute Gasteiger partial charge is 0.338 e. The van der Waals surface area contributed by atoms with E-state index in [0.29, 0.717) is 20.6 Å². The molecule has 3 aromatic carbocycles. The largest absolute Gasteiger partial charge is 0.457 e. The molecule has 1 unspecified atom stereocenters. The van der Waals surface area contributed by atoms with Crippen molar-refractivity contribution >= 4 is 35.1 Å². The quantitative estimate of drug-likeness (QED) is 0.278. The number of thioether (sulfide) groups is 1. The molecule has 4 aromatic rings. The molecule has 0 radical (unpaired) electrons. The zero-order valence-electron chi connectivity index (χ0n) is 19.9. The maximum Gasteiger partial charge on any atom is 0.338 e. The lowest BCUT2D eigenvalue weighted by Gasteiger charge is -2.25. The van der Waals surface area contributed by atoms with Crippen molar-refractivity contribution in [3.05, 3.63) is 133 Å². The molecule has 1 aliphatic rings. The zero-order valence-corrected chi connectivity index (χ0v) is 21.5.